The van der Waals surface area contributed by atoms with Crippen molar-refractivity contribution in [1.82, 2.24) is 0 Å². The molecule has 0 aliphatic carbocycles. The van der Waals surface area contributed by atoms with Crippen LogP contribution in [0.1, 0.15) is 23.6 Å². The van der Waals surface area contributed by atoms with E-state index >= 15 is 0 Å². The standard InChI is InChI=1S/C16H19NO/c1-16(18,12-17)15-10-6-5-9-14(15)11-13-7-3-2-4-8-13/h2-10,18H,11-12,17H2,1H3/t16-/m0/s1. The van der Waals surface area contributed by atoms with Crippen molar-refractivity contribution in [2.75, 3.05) is 6.54 Å². The van der Waals surface area contributed by atoms with Gasteiger partial charge >= 0.3 is 0 Å². The molecule has 0 bridgehead atoms. The Hall–Kier alpha value is -1.64. The van der Waals surface area contributed by atoms with Crippen molar-refractivity contribution in [2.24, 2.45) is 5.73 Å². The van der Waals surface area contributed by atoms with Crippen LogP contribution in [0.3, 0.4) is 0 Å². The quantitative estimate of drug-likeness (QED) is 0.863. The lowest BCUT2D eigenvalue weighted by Crippen LogP contribution is -2.32. The lowest BCUT2D eigenvalue weighted by molar-refractivity contribution is 0.0660. The Morgan fingerprint density at radius 1 is 1.00 bits per heavy atom. The molecule has 0 aromatic heterocycles. The third-order valence-electron chi connectivity index (χ3n) is 3.23. The summed E-state index contributed by atoms with van der Waals surface area (Å²) in [6.45, 7) is 1.98. The Bertz CT molecular complexity index is 506. The fourth-order valence-corrected chi connectivity index (χ4v) is 2.13. The Morgan fingerprint density at radius 2 is 1.61 bits per heavy atom. The number of hydrogen-bond donors (Lipinski definition) is 2. The lowest BCUT2D eigenvalue weighted by Gasteiger charge is -2.24. The van der Waals surface area contributed by atoms with Gasteiger partial charge in [-0.3, -0.25) is 0 Å². The highest BCUT2D eigenvalue weighted by Crippen LogP contribution is 2.25. The van der Waals surface area contributed by atoms with E-state index in [0.29, 0.717) is 0 Å². The Morgan fingerprint density at radius 3 is 2.28 bits per heavy atom. The Labute approximate surface area is 108 Å². The van der Waals surface area contributed by atoms with Crippen molar-refractivity contribution in [1.29, 1.82) is 0 Å². The maximum atomic E-state index is 10.3. The molecule has 2 heteroatoms. The summed E-state index contributed by atoms with van der Waals surface area (Å²) in [5, 5.41) is 10.3. The Kier molecular flexibility index (Phi) is 3.80. The zero-order valence-corrected chi connectivity index (χ0v) is 10.6. The van der Waals surface area contributed by atoms with Gasteiger partial charge in [-0.05, 0) is 30.0 Å². The van der Waals surface area contributed by atoms with E-state index in [4.69, 9.17) is 5.73 Å². The van der Waals surface area contributed by atoms with E-state index < -0.39 is 5.60 Å². The molecule has 3 N–H and O–H groups in total. The average molecular weight is 241 g/mol. The minimum Gasteiger partial charge on any atom is -0.384 e. The molecular formula is C16H19NO. The first-order valence-corrected chi connectivity index (χ1v) is 6.18. The van der Waals surface area contributed by atoms with Crippen LogP contribution in [0.2, 0.25) is 0 Å². The second-order valence-corrected chi connectivity index (χ2v) is 4.80. The summed E-state index contributed by atoms with van der Waals surface area (Å²) in [5.74, 6) is 0. The van der Waals surface area contributed by atoms with Gasteiger partial charge in [-0.15, -0.1) is 0 Å². The van der Waals surface area contributed by atoms with Crippen molar-refractivity contribution < 1.29 is 5.11 Å². The molecule has 0 amide bonds. The highest BCUT2D eigenvalue weighted by Gasteiger charge is 2.23. The smallest absolute Gasteiger partial charge is 0.0992 e. The van der Waals surface area contributed by atoms with E-state index in [-0.39, 0.29) is 6.54 Å². The summed E-state index contributed by atoms with van der Waals surface area (Å²) in [7, 11) is 0. The van der Waals surface area contributed by atoms with Crippen molar-refractivity contribution in [3.05, 3.63) is 71.3 Å². The van der Waals surface area contributed by atoms with Crippen molar-refractivity contribution in [3.63, 3.8) is 0 Å². The lowest BCUT2D eigenvalue weighted by atomic mass is 9.89. The topological polar surface area (TPSA) is 46.2 Å². The number of hydrogen-bond acceptors (Lipinski definition) is 2. The highest BCUT2D eigenvalue weighted by molar-refractivity contribution is 5.36. The van der Waals surface area contributed by atoms with Gasteiger partial charge in [0.1, 0.15) is 0 Å². The first kappa shape index (κ1) is 12.8. The molecule has 0 saturated carbocycles. The van der Waals surface area contributed by atoms with Crippen LogP contribution in [-0.4, -0.2) is 11.7 Å². The molecule has 0 saturated heterocycles. The van der Waals surface area contributed by atoms with Crippen LogP contribution in [0, 0.1) is 0 Å². The Balaban J connectivity index is 2.34. The van der Waals surface area contributed by atoms with Crippen LogP contribution >= 0.6 is 0 Å². The van der Waals surface area contributed by atoms with E-state index in [0.717, 1.165) is 17.5 Å². The van der Waals surface area contributed by atoms with E-state index in [9.17, 15) is 5.11 Å². The highest BCUT2D eigenvalue weighted by atomic mass is 16.3. The zero-order valence-electron chi connectivity index (χ0n) is 10.6. The van der Waals surface area contributed by atoms with Gasteiger partial charge < -0.3 is 10.8 Å². The average Bonchev–Trinajstić information content (AvgIpc) is 2.40. The van der Waals surface area contributed by atoms with Crippen molar-refractivity contribution in [2.45, 2.75) is 18.9 Å². The van der Waals surface area contributed by atoms with E-state index in [1.807, 2.05) is 42.5 Å². The maximum absolute atomic E-state index is 10.3. The van der Waals surface area contributed by atoms with Crippen LogP contribution in [0.5, 0.6) is 0 Å². The molecule has 94 valence electrons. The molecular weight excluding hydrogens is 222 g/mol. The molecule has 18 heavy (non-hydrogen) atoms. The first-order valence-electron chi connectivity index (χ1n) is 6.18. The largest absolute Gasteiger partial charge is 0.384 e. The van der Waals surface area contributed by atoms with E-state index in [2.05, 4.69) is 12.1 Å². The number of aliphatic hydroxyl groups is 1. The van der Waals surface area contributed by atoms with Gasteiger partial charge in [0.05, 0.1) is 5.60 Å². The maximum Gasteiger partial charge on any atom is 0.0992 e. The molecule has 0 fully saturated rings. The summed E-state index contributed by atoms with van der Waals surface area (Å²) in [6, 6.07) is 18.2. The van der Waals surface area contributed by atoms with Gasteiger partial charge in [-0.1, -0.05) is 54.6 Å². The summed E-state index contributed by atoms with van der Waals surface area (Å²) >= 11 is 0. The van der Waals surface area contributed by atoms with Crippen molar-refractivity contribution >= 4 is 0 Å². The molecule has 0 radical (unpaired) electrons. The summed E-state index contributed by atoms with van der Waals surface area (Å²) in [4.78, 5) is 0. The minimum atomic E-state index is -0.967. The molecule has 0 unspecified atom stereocenters. The van der Waals surface area contributed by atoms with Crippen LogP contribution in [0.15, 0.2) is 54.6 Å². The second kappa shape index (κ2) is 5.34. The first-order chi connectivity index (χ1) is 8.63. The van der Waals surface area contributed by atoms with Crippen molar-refractivity contribution in [3.8, 4) is 0 Å². The molecule has 1 atom stereocenters. The predicted octanol–water partition coefficient (Wildman–Crippen LogP) is 2.44. The molecule has 0 aliphatic heterocycles. The molecule has 0 aliphatic rings. The molecule has 2 nitrogen and oxygen atoms in total. The number of nitrogens with two attached hydrogens (primary N) is 1. The van der Waals surface area contributed by atoms with Crippen LogP contribution < -0.4 is 5.73 Å². The fourth-order valence-electron chi connectivity index (χ4n) is 2.13. The minimum absolute atomic E-state index is 0.221. The normalized spacial score (nSPS) is 14.2. The SMILES string of the molecule is C[C@](O)(CN)c1ccccc1Cc1ccccc1. The summed E-state index contributed by atoms with van der Waals surface area (Å²) < 4.78 is 0. The monoisotopic (exact) mass is 241 g/mol. The van der Waals surface area contributed by atoms with Crippen LogP contribution in [0.25, 0.3) is 0 Å². The number of benzene rings is 2. The molecule has 0 heterocycles. The summed E-state index contributed by atoms with van der Waals surface area (Å²) in [6.07, 6.45) is 0.813. The van der Waals surface area contributed by atoms with Gasteiger partial charge in [0.15, 0.2) is 0 Å². The third kappa shape index (κ3) is 2.78. The van der Waals surface area contributed by atoms with Gasteiger partial charge in [-0.25, -0.2) is 0 Å². The molecule has 2 aromatic rings. The molecule has 2 rings (SSSR count). The van der Waals surface area contributed by atoms with Gasteiger partial charge in [0.25, 0.3) is 0 Å². The van der Waals surface area contributed by atoms with Crippen LogP contribution in [-0.2, 0) is 12.0 Å². The van der Waals surface area contributed by atoms with Gasteiger partial charge in [-0.2, -0.15) is 0 Å². The zero-order chi connectivity index (χ0) is 13.0. The summed E-state index contributed by atoms with van der Waals surface area (Å²) in [5.41, 5.74) is 7.96. The van der Waals surface area contributed by atoms with E-state index in [1.54, 1.807) is 6.92 Å². The van der Waals surface area contributed by atoms with E-state index in [1.165, 1.54) is 5.56 Å². The fraction of sp³-hybridized carbons (Fsp3) is 0.250. The molecule has 0 spiro atoms. The van der Waals surface area contributed by atoms with Gasteiger partial charge in [0.2, 0.25) is 0 Å². The number of rotatable bonds is 4. The van der Waals surface area contributed by atoms with Crippen LogP contribution in [0.4, 0.5) is 0 Å². The third-order valence-corrected chi connectivity index (χ3v) is 3.23. The van der Waals surface area contributed by atoms with Gasteiger partial charge in [0, 0.05) is 6.54 Å². The second-order valence-electron chi connectivity index (χ2n) is 4.80. The predicted molar refractivity (Wildman–Crippen MR) is 74.3 cm³/mol. The molecule has 2 aromatic carbocycles.